The Morgan fingerprint density at radius 3 is 2.89 bits per heavy atom. The van der Waals surface area contributed by atoms with Crippen molar-refractivity contribution in [1.82, 2.24) is 9.88 Å². The van der Waals surface area contributed by atoms with Crippen LogP contribution in [0.5, 0.6) is 0 Å². The summed E-state index contributed by atoms with van der Waals surface area (Å²) in [5, 5.41) is 4.64. The third-order valence-electron chi connectivity index (χ3n) is 4.03. The largest absolute Gasteiger partial charge is 0.310 e. The second-order valence-corrected chi connectivity index (χ2v) is 5.21. The first kappa shape index (κ1) is 12.4. The summed E-state index contributed by atoms with van der Waals surface area (Å²) in [7, 11) is 0. The molecule has 0 spiro atoms. The van der Waals surface area contributed by atoms with Crippen LogP contribution in [0.4, 0.5) is 0 Å². The van der Waals surface area contributed by atoms with Gasteiger partial charge in [0.1, 0.15) is 0 Å². The Morgan fingerprint density at radius 1 is 1.32 bits per heavy atom. The Balaban J connectivity index is 2.19. The Bertz CT molecular complexity index is 639. The molecule has 19 heavy (non-hydrogen) atoms. The molecule has 1 N–H and O–H groups in total. The lowest BCUT2D eigenvalue weighted by atomic mass is 9.97. The van der Waals surface area contributed by atoms with Gasteiger partial charge < -0.3 is 9.88 Å². The zero-order valence-corrected chi connectivity index (χ0v) is 11.4. The van der Waals surface area contributed by atoms with Crippen LogP contribution in [0.1, 0.15) is 37.8 Å². The van der Waals surface area contributed by atoms with E-state index in [1.165, 1.54) is 12.8 Å². The van der Waals surface area contributed by atoms with E-state index in [2.05, 4.69) is 17.4 Å². The highest BCUT2D eigenvalue weighted by molar-refractivity contribution is 5.79. The first-order chi connectivity index (χ1) is 9.31. The van der Waals surface area contributed by atoms with Gasteiger partial charge in [-0.15, -0.1) is 0 Å². The maximum absolute atomic E-state index is 12.6. The number of nitrogens with one attached hydrogen (secondary N) is 1. The van der Waals surface area contributed by atoms with Crippen molar-refractivity contribution < 1.29 is 0 Å². The van der Waals surface area contributed by atoms with Crippen LogP contribution in [0.25, 0.3) is 10.9 Å². The number of aryl methyl sites for hydroxylation is 1. The molecule has 3 rings (SSSR count). The summed E-state index contributed by atoms with van der Waals surface area (Å²) in [5.41, 5.74) is 2.13. The van der Waals surface area contributed by atoms with Gasteiger partial charge in [0, 0.05) is 18.2 Å². The van der Waals surface area contributed by atoms with Gasteiger partial charge in [0.25, 0.3) is 5.56 Å². The molecule has 1 aliphatic heterocycles. The van der Waals surface area contributed by atoms with Crippen molar-refractivity contribution >= 4 is 10.9 Å². The van der Waals surface area contributed by atoms with E-state index in [4.69, 9.17) is 0 Å². The number of hydrogen-bond donors (Lipinski definition) is 1. The van der Waals surface area contributed by atoms with Crippen LogP contribution >= 0.6 is 0 Å². The highest BCUT2D eigenvalue weighted by atomic mass is 16.1. The number of nitrogens with zero attached hydrogens (tertiary/aromatic N) is 1. The van der Waals surface area contributed by atoms with Crippen molar-refractivity contribution in [3.63, 3.8) is 0 Å². The number of piperidine rings is 1. The lowest BCUT2D eigenvalue weighted by molar-refractivity contribution is 0.408. The third-order valence-corrected chi connectivity index (χ3v) is 4.03. The number of hydrogen-bond acceptors (Lipinski definition) is 2. The van der Waals surface area contributed by atoms with E-state index in [1.54, 1.807) is 0 Å². The number of para-hydroxylation sites is 1. The Hall–Kier alpha value is -1.61. The van der Waals surface area contributed by atoms with Crippen LogP contribution in [0, 0.1) is 0 Å². The first-order valence-electron chi connectivity index (χ1n) is 7.17. The molecule has 1 aliphatic rings. The van der Waals surface area contributed by atoms with Gasteiger partial charge in [0.2, 0.25) is 0 Å². The fourth-order valence-corrected chi connectivity index (χ4v) is 3.03. The molecule has 2 aromatic rings. The normalized spacial score (nSPS) is 19.7. The van der Waals surface area contributed by atoms with Gasteiger partial charge in [-0.05, 0) is 43.8 Å². The minimum Gasteiger partial charge on any atom is -0.310 e. The van der Waals surface area contributed by atoms with Gasteiger partial charge in [-0.1, -0.05) is 24.6 Å². The van der Waals surface area contributed by atoms with Gasteiger partial charge in [-0.3, -0.25) is 4.79 Å². The second-order valence-electron chi connectivity index (χ2n) is 5.21. The highest BCUT2D eigenvalue weighted by Gasteiger charge is 2.19. The van der Waals surface area contributed by atoms with Crippen LogP contribution in [0.3, 0.4) is 0 Å². The Morgan fingerprint density at radius 2 is 2.16 bits per heavy atom. The smallest absolute Gasteiger partial charge is 0.255 e. The van der Waals surface area contributed by atoms with E-state index < -0.39 is 0 Å². The summed E-state index contributed by atoms with van der Waals surface area (Å²) in [6.07, 6.45) is 3.49. The summed E-state index contributed by atoms with van der Waals surface area (Å²) >= 11 is 0. The molecule has 0 saturated carbocycles. The van der Waals surface area contributed by atoms with Gasteiger partial charge in [-0.2, -0.15) is 0 Å². The van der Waals surface area contributed by atoms with Crippen molar-refractivity contribution in [3.05, 3.63) is 46.2 Å². The number of fused-ring (bicyclic) bond motifs is 1. The molecule has 3 nitrogen and oxygen atoms in total. The van der Waals surface area contributed by atoms with Crippen molar-refractivity contribution in [1.29, 1.82) is 0 Å². The first-order valence-corrected chi connectivity index (χ1v) is 7.17. The second kappa shape index (κ2) is 5.17. The molecular weight excluding hydrogens is 236 g/mol. The zero-order chi connectivity index (χ0) is 13.2. The SMILES string of the molecule is CCn1c(=O)c(C2CCCCN2)cc2ccccc21. The lowest BCUT2D eigenvalue weighted by Gasteiger charge is -2.24. The minimum absolute atomic E-state index is 0.167. The molecule has 0 radical (unpaired) electrons. The number of pyridine rings is 1. The maximum atomic E-state index is 12.6. The average Bonchev–Trinajstić information content (AvgIpc) is 2.47. The van der Waals surface area contributed by atoms with E-state index in [0.29, 0.717) is 0 Å². The monoisotopic (exact) mass is 256 g/mol. The number of benzene rings is 1. The minimum atomic E-state index is 0.167. The van der Waals surface area contributed by atoms with Crippen molar-refractivity contribution in [2.24, 2.45) is 0 Å². The van der Waals surface area contributed by atoms with Crippen LogP contribution in [0.15, 0.2) is 35.1 Å². The van der Waals surface area contributed by atoms with Crippen LogP contribution in [-0.4, -0.2) is 11.1 Å². The number of aromatic nitrogens is 1. The summed E-state index contributed by atoms with van der Waals surface area (Å²) in [6.45, 7) is 3.77. The van der Waals surface area contributed by atoms with Crippen molar-refractivity contribution in [2.75, 3.05) is 6.54 Å². The predicted octanol–water partition coefficient (Wildman–Crippen LogP) is 2.84. The highest BCUT2D eigenvalue weighted by Crippen LogP contribution is 2.23. The number of rotatable bonds is 2. The van der Waals surface area contributed by atoms with Gasteiger partial charge in [0.05, 0.1) is 5.52 Å². The molecule has 0 aliphatic carbocycles. The molecule has 1 unspecified atom stereocenters. The van der Waals surface area contributed by atoms with Crippen molar-refractivity contribution in [3.8, 4) is 0 Å². The van der Waals surface area contributed by atoms with Crippen LogP contribution in [-0.2, 0) is 6.54 Å². The molecule has 1 aromatic heterocycles. The summed E-state index contributed by atoms with van der Waals surface area (Å²) in [4.78, 5) is 12.6. The van der Waals surface area contributed by atoms with E-state index in [0.717, 1.165) is 36.0 Å². The average molecular weight is 256 g/mol. The van der Waals surface area contributed by atoms with E-state index >= 15 is 0 Å². The molecule has 1 fully saturated rings. The van der Waals surface area contributed by atoms with Crippen molar-refractivity contribution in [2.45, 2.75) is 38.8 Å². The van der Waals surface area contributed by atoms with Crippen LogP contribution < -0.4 is 10.9 Å². The maximum Gasteiger partial charge on any atom is 0.255 e. The van der Waals surface area contributed by atoms with Gasteiger partial charge >= 0.3 is 0 Å². The van der Waals surface area contributed by atoms with Gasteiger partial charge in [0.15, 0.2) is 0 Å². The van der Waals surface area contributed by atoms with Crippen LogP contribution in [0.2, 0.25) is 0 Å². The van der Waals surface area contributed by atoms with E-state index in [9.17, 15) is 4.79 Å². The summed E-state index contributed by atoms with van der Waals surface area (Å²) in [6, 6.07) is 10.4. The molecule has 1 saturated heterocycles. The van der Waals surface area contributed by atoms with Gasteiger partial charge in [-0.25, -0.2) is 0 Å². The van der Waals surface area contributed by atoms with E-state index in [-0.39, 0.29) is 11.6 Å². The fraction of sp³-hybridized carbons (Fsp3) is 0.438. The summed E-state index contributed by atoms with van der Waals surface area (Å²) < 4.78 is 1.89. The molecule has 1 aromatic carbocycles. The molecule has 0 bridgehead atoms. The standard InChI is InChI=1S/C16H20N2O/c1-2-18-15-9-4-3-7-12(15)11-13(16(18)19)14-8-5-6-10-17-14/h3-4,7,9,11,14,17H,2,5-6,8,10H2,1H3. The fourth-order valence-electron chi connectivity index (χ4n) is 3.03. The molecule has 3 heteroatoms. The quantitative estimate of drug-likeness (QED) is 0.896. The predicted molar refractivity (Wildman–Crippen MR) is 78.5 cm³/mol. The molecular formula is C16H20N2O. The molecule has 0 amide bonds. The Kier molecular flexibility index (Phi) is 3.38. The summed E-state index contributed by atoms with van der Waals surface area (Å²) in [5.74, 6) is 0. The third kappa shape index (κ3) is 2.19. The Labute approximate surface area is 113 Å². The molecule has 100 valence electrons. The zero-order valence-electron chi connectivity index (χ0n) is 11.4. The molecule has 1 atom stereocenters. The molecule has 2 heterocycles. The lowest BCUT2D eigenvalue weighted by Crippen LogP contribution is -2.33. The topological polar surface area (TPSA) is 34.0 Å². The van der Waals surface area contributed by atoms with E-state index in [1.807, 2.05) is 29.7 Å².